The Morgan fingerprint density at radius 3 is 2.67 bits per heavy atom. The fourth-order valence-corrected chi connectivity index (χ4v) is 3.23. The van der Waals surface area contributed by atoms with Gasteiger partial charge < -0.3 is 9.80 Å². The van der Waals surface area contributed by atoms with Crippen molar-refractivity contribution in [3.8, 4) is 0 Å². The van der Waals surface area contributed by atoms with Gasteiger partial charge in [0.1, 0.15) is 12.1 Å². The maximum Gasteiger partial charge on any atom is 0.280 e. The standard InChI is InChI=1S/C13H18N4O/c18-13(16-12-1-5-14-10-15-12)9-17-6-2-11(3-7-17)4-8-17/h1,5,10-11H,2-4,6-9H2/p+1. The highest BCUT2D eigenvalue weighted by molar-refractivity contribution is 5.90. The number of aromatic nitrogens is 2. The molecule has 3 saturated heterocycles. The number of carbonyl (C=O) groups excluding carboxylic acids is 1. The summed E-state index contributed by atoms with van der Waals surface area (Å²) in [6, 6.07) is 1.72. The van der Waals surface area contributed by atoms with E-state index in [1.54, 1.807) is 12.3 Å². The molecule has 2 bridgehead atoms. The fraction of sp³-hybridized carbons (Fsp3) is 0.615. The Morgan fingerprint density at radius 1 is 1.33 bits per heavy atom. The Hall–Kier alpha value is -1.49. The van der Waals surface area contributed by atoms with Gasteiger partial charge in [-0.05, 0) is 31.2 Å². The Morgan fingerprint density at radius 2 is 2.06 bits per heavy atom. The first kappa shape index (κ1) is 11.6. The molecule has 1 aromatic heterocycles. The third-order valence-corrected chi connectivity index (χ3v) is 4.36. The van der Waals surface area contributed by atoms with E-state index in [9.17, 15) is 4.79 Å². The van der Waals surface area contributed by atoms with Crippen LogP contribution < -0.4 is 5.32 Å². The second-order valence-electron chi connectivity index (χ2n) is 5.55. The Labute approximate surface area is 107 Å². The first-order chi connectivity index (χ1) is 8.76. The molecule has 3 aliphatic heterocycles. The van der Waals surface area contributed by atoms with Crippen molar-refractivity contribution < 1.29 is 9.28 Å². The second-order valence-corrected chi connectivity index (χ2v) is 5.55. The van der Waals surface area contributed by atoms with Crippen molar-refractivity contribution in [1.29, 1.82) is 0 Å². The van der Waals surface area contributed by atoms with Crippen LogP contribution >= 0.6 is 0 Å². The molecule has 4 heterocycles. The highest BCUT2D eigenvalue weighted by Crippen LogP contribution is 2.33. The van der Waals surface area contributed by atoms with E-state index in [4.69, 9.17) is 0 Å². The highest BCUT2D eigenvalue weighted by Gasteiger charge is 2.40. The van der Waals surface area contributed by atoms with Crippen LogP contribution in [0.25, 0.3) is 0 Å². The smallest absolute Gasteiger partial charge is 0.280 e. The van der Waals surface area contributed by atoms with Crippen molar-refractivity contribution in [1.82, 2.24) is 9.97 Å². The molecule has 1 aromatic rings. The number of piperidine rings is 3. The molecule has 0 aliphatic carbocycles. The topological polar surface area (TPSA) is 54.9 Å². The van der Waals surface area contributed by atoms with Crippen LogP contribution in [0.4, 0.5) is 5.82 Å². The van der Waals surface area contributed by atoms with Crippen LogP contribution in [0.5, 0.6) is 0 Å². The van der Waals surface area contributed by atoms with Gasteiger partial charge in [-0.15, -0.1) is 0 Å². The largest absolute Gasteiger partial charge is 0.316 e. The summed E-state index contributed by atoms with van der Waals surface area (Å²) < 4.78 is 0.980. The number of hydrogen-bond donors (Lipinski definition) is 1. The van der Waals surface area contributed by atoms with Crippen LogP contribution in [-0.2, 0) is 4.79 Å². The summed E-state index contributed by atoms with van der Waals surface area (Å²) in [6.45, 7) is 4.10. The number of rotatable bonds is 3. The summed E-state index contributed by atoms with van der Waals surface area (Å²) in [6.07, 6.45) is 6.97. The van der Waals surface area contributed by atoms with Crippen LogP contribution in [0.1, 0.15) is 19.3 Å². The molecule has 3 fully saturated rings. The zero-order valence-electron chi connectivity index (χ0n) is 10.5. The lowest BCUT2D eigenvalue weighted by atomic mass is 9.86. The van der Waals surface area contributed by atoms with Crippen LogP contribution in [0.2, 0.25) is 0 Å². The summed E-state index contributed by atoms with van der Waals surface area (Å²) >= 11 is 0. The van der Waals surface area contributed by atoms with Gasteiger partial charge in [-0.2, -0.15) is 0 Å². The van der Waals surface area contributed by atoms with Crippen LogP contribution in [0.15, 0.2) is 18.6 Å². The van der Waals surface area contributed by atoms with Gasteiger partial charge in [-0.25, -0.2) is 9.97 Å². The summed E-state index contributed by atoms with van der Waals surface area (Å²) in [5.74, 6) is 1.60. The highest BCUT2D eigenvalue weighted by atomic mass is 16.2. The molecule has 0 atom stereocenters. The minimum absolute atomic E-state index is 0.0778. The number of anilines is 1. The van der Waals surface area contributed by atoms with Crippen molar-refractivity contribution in [2.75, 3.05) is 31.5 Å². The third kappa shape index (κ3) is 2.36. The Balaban J connectivity index is 1.61. The zero-order valence-corrected chi connectivity index (χ0v) is 10.5. The number of fused-ring (bicyclic) bond motifs is 3. The van der Waals surface area contributed by atoms with Gasteiger partial charge in [0.25, 0.3) is 5.91 Å². The quantitative estimate of drug-likeness (QED) is 0.812. The van der Waals surface area contributed by atoms with Gasteiger partial charge in [0.05, 0.1) is 19.6 Å². The number of carbonyl (C=O) groups is 1. The third-order valence-electron chi connectivity index (χ3n) is 4.36. The summed E-state index contributed by atoms with van der Waals surface area (Å²) in [7, 11) is 0. The van der Waals surface area contributed by atoms with Gasteiger partial charge in [0.2, 0.25) is 0 Å². The van der Waals surface area contributed by atoms with E-state index in [2.05, 4.69) is 15.3 Å². The van der Waals surface area contributed by atoms with Crippen LogP contribution in [0, 0.1) is 5.92 Å². The van der Waals surface area contributed by atoms with Crippen molar-refractivity contribution in [2.45, 2.75) is 19.3 Å². The van der Waals surface area contributed by atoms with Crippen LogP contribution in [0.3, 0.4) is 0 Å². The maximum absolute atomic E-state index is 12.1. The lowest BCUT2D eigenvalue weighted by molar-refractivity contribution is -0.935. The molecule has 4 rings (SSSR count). The molecule has 5 nitrogen and oxygen atoms in total. The van der Waals surface area contributed by atoms with Gasteiger partial charge in [-0.1, -0.05) is 0 Å². The second kappa shape index (κ2) is 4.65. The summed E-state index contributed by atoms with van der Waals surface area (Å²) in [5, 5.41) is 2.86. The molecule has 3 aliphatic rings. The molecule has 0 unspecified atom stereocenters. The Kier molecular flexibility index (Phi) is 2.99. The minimum atomic E-state index is 0.0778. The first-order valence-corrected chi connectivity index (χ1v) is 6.67. The van der Waals surface area contributed by atoms with E-state index < -0.39 is 0 Å². The van der Waals surface area contributed by atoms with Gasteiger partial charge >= 0.3 is 0 Å². The summed E-state index contributed by atoms with van der Waals surface area (Å²) in [5.41, 5.74) is 0. The lowest BCUT2D eigenvalue weighted by Crippen LogP contribution is -2.60. The molecule has 18 heavy (non-hydrogen) atoms. The summed E-state index contributed by atoms with van der Waals surface area (Å²) in [4.78, 5) is 19.9. The van der Waals surface area contributed by atoms with Crippen molar-refractivity contribution in [2.24, 2.45) is 5.92 Å². The van der Waals surface area contributed by atoms with Gasteiger partial charge in [-0.3, -0.25) is 4.79 Å². The fourth-order valence-electron chi connectivity index (χ4n) is 3.23. The molecule has 0 spiro atoms. The van der Waals surface area contributed by atoms with Crippen molar-refractivity contribution in [3.63, 3.8) is 0 Å². The molecule has 0 aromatic carbocycles. The maximum atomic E-state index is 12.1. The molecule has 1 N–H and O–H groups in total. The number of nitrogens with zero attached hydrogens (tertiary/aromatic N) is 3. The molecule has 0 radical (unpaired) electrons. The monoisotopic (exact) mass is 247 g/mol. The van der Waals surface area contributed by atoms with E-state index in [-0.39, 0.29) is 5.91 Å². The SMILES string of the molecule is O=C(C[N+]12CCC(CC1)CC2)Nc1ccncn1. The molecular formula is C13H19N4O+. The predicted molar refractivity (Wildman–Crippen MR) is 67.7 cm³/mol. The molecule has 5 heteroatoms. The molecular weight excluding hydrogens is 228 g/mol. The number of nitrogens with one attached hydrogen (secondary N) is 1. The van der Waals surface area contributed by atoms with Crippen LogP contribution in [-0.4, -0.2) is 46.5 Å². The van der Waals surface area contributed by atoms with Crippen molar-refractivity contribution in [3.05, 3.63) is 18.6 Å². The predicted octanol–water partition coefficient (Wildman–Crippen LogP) is 1.05. The molecule has 96 valence electrons. The van der Waals surface area contributed by atoms with Gasteiger partial charge in [0.15, 0.2) is 6.54 Å². The van der Waals surface area contributed by atoms with E-state index in [1.807, 2.05) is 0 Å². The number of hydrogen-bond acceptors (Lipinski definition) is 3. The Bertz CT molecular complexity index is 412. The minimum Gasteiger partial charge on any atom is -0.316 e. The van der Waals surface area contributed by atoms with E-state index in [1.165, 1.54) is 45.2 Å². The normalized spacial score (nSPS) is 30.1. The first-order valence-electron chi connectivity index (χ1n) is 6.67. The number of quaternary nitrogens is 1. The van der Waals surface area contributed by atoms with E-state index >= 15 is 0 Å². The lowest BCUT2D eigenvalue weighted by Gasteiger charge is -2.48. The number of amides is 1. The average Bonchev–Trinajstić information content (AvgIpc) is 2.41. The van der Waals surface area contributed by atoms with Crippen molar-refractivity contribution >= 4 is 11.7 Å². The van der Waals surface area contributed by atoms with E-state index in [0.29, 0.717) is 12.4 Å². The zero-order chi connectivity index (χ0) is 12.4. The van der Waals surface area contributed by atoms with Gasteiger partial charge in [0, 0.05) is 6.20 Å². The molecule has 0 saturated carbocycles. The van der Waals surface area contributed by atoms with E-state index in [0.717, 1.165) is 10.4 Å². The average molecular weight is 247 g/mol. The molecule has 1 amide bonds.